The van der Waals surface area contributed by atoms with Crippen molar-refractivity contribution in [3.63, 3.8) is 0 Å². The molecule has 5 rings (SSSR count). The van der Waals surface area contributed by atoms with Gasteiger partial charge in [0.2, 0.25) is 0 Å². The third-order valence-corrected chi connectivity index (χ3v) is 5.96. The second-order valence-electron chi connectivity index (χ2n) is 6.67. The fourth-order valence-corrected chi connectivity index (χ4v) is 4.50. The van der Waals surface area contributed by atoms with Gasteiger partial charge in [0.05, 0.1) is 18.9 Å². The lowest BCUT2D eigenvalue weighted by molar-refractivity contribution is 0.129. The zero-order valence-corrected chi connectivity index (χ0v) is 15.6. The molecule has 1 N–H and O–H groups in total. The molecule has 7 heteroatoms. The van der Waals surface area contributed by atoms with Gasteiger partial charge in [0.25, 0.3) is 0 Å². The van der Waals surface area contributed by atoms with Crippen LogP contribution in [0.25, 0.3) is 22.3 Å². The van der Waals surface area contributed by atoms with Crippen molar-refractivity contribution in [3.05, 3.63) is 54.6 Å². The number of benzene rings is 1. The van der Waals surface area contributed by atoms with E-state index in [0.29, 0.717) is 12.6 Å². The van der Waals surface area contributed by atoms with Gasteiger partial charge in [-0.1, -0.05) is 30.0 Å². The van der Waals surface area contributed by atoms with E-state index in [0.717, 1.165) is 58.4 Å². The Morgan fingerprint density at radius 2 is 2.15 bits per heavy atom. The second-order valence-corrected chi connectivity index (χ2v) is 7.65. The van der Waals surface area contributed by atoms with Gasteiger partial charge in [-0.2, -0.15) is 0 Å². The number of aromatic amines is 1. The van der Waals surface area contributed by atoms with Crippen molar-refractivity contribution in [2.75, 3.05) is 12.4 Å². The molecule has 4 heterocycles. The molecule has 1 unspecified atom stereocenters. The van der Waals surface area contributed by atoms with Crippen LogP contribution < -0.4 is 0 Å². The van der Waals surface area contributed by atoms with Crippen LogP contribution in [0.3, 0.4) is 0 Å². The van der Waals surface area contributed by atoms with Gasteiger partial charge < -0.3 is 14.1 Å². The molecule has 4 aromatic rings. The highest BCUT2D eigenvalue weighted by Crippen LogP contribution is 2.31. The molecule has 138 valence electrons. The van der Waals surface area contributed by atoms with Crippen molar-refractivity contribution in [2.24, 2.45) is 0 Å². The second kappa shape index (κ2) is 7.25. The number of nitrogens with zero attached hydrogens (tertiary/aromatic N) is 3. The van der Waals surface area contributed by atoms with Crippen LogP contribution in [0.2, 0.25) is 0 Å². The molecule has 0 aliphatic carbocycles. The van der Waals surface area contributed by atoms with Gasteiger partial charge in [-0.25, -0.2) is 0 Å². The first-order valence-electron chi connectivity index (χ1n) is 9.15. The average Bonchev–Trinajstić information content (AvgIpc) is 3.48. The minimum atomic E-state index is 0.306. The van der Waals surface area contributed by atoms with Crippen LogP contribution in [-0.4, -0.2) is 38.2 Å². The Bertz CT molecular complexity index is 1030. The van der Waals surface area contributed by atoms with Gasteiger partial charge in [0, 0.05) is 35.0 Å². The maximum Gasteiger partial charge on any atom is 0.192 e. The first-order chi connectivity index (χ1) is 13.4. The number of para-hydroxylation sites is 1. The third kappa shape index (κ3) is 3.28. The first kappa shape index (κ1) is 16.6. The van der Waals surface area contributed by atoms with E-state index in [9.17, 15) is 0 Å². The minimum absolute atomic E-state index is 0.306. The lowest BCUT2D eigenvalue weighted by atomic mass is 10.1. The molecule has 0 amide bonds. The van der Waals surface area contributed by atoms with Crippen LogP contribution in [0.1, 0.15) is 18.6 Å². The van der Waals surface area contributed by atoms with Gasteiger partial charge in [0.1, 0.15) is 5.76 Å². The molecule has 1 fully saturated rings. The van der Waals surface area contributed by atoms with Gasteiger partial charge in [-0.05, 0) is 31.0 Å². The monoisotopic (exact) mass is 380 g/mol. The Morgan fingerprint density at radius 3 is 3.00 bits per heavy atom. The number of ether oxygens (including phenoxy) is 1. The van der Waals surface area contributed by atoms with Crippen molar-refractivity contribution in [1.82, 2.24) is 19.7 Å². The highest BCUT2D eigenvalue weighted by atomic mass is 32.2. The van der Waals surface area contributed by atoms with Gasteiger partial charge in [-0.3, -0.25) is 4.57 Å². The van der Waals surface area contributed by atoms with Gasteiger partial charge in [-0.15, -0.1) is 10.2 Å². The lowest BCUT2D eigenvalue weighted by Crippen LogP contribution is -2.10. The summed E-state index contributed by atoms with van der Waals surface area (Å²) in [7, 11) is 0. The van der Waals surface area contributed by atoms with Crippen molar-refractivity contribution < 1.29 is 9.15 Å². The number of H-pyrrole nitrogens is 1. The zero-order valence-electron chi connectivity index (χ0n) is 14.8. The molecule has 27 heavy (non-hydrogen) atoms. The topological polar surface area (TPSA) is 68.9 Å². The molecule has 0 saturated carbocycles. The molecule has 3 aromatic heterocycles. The molecule has 1 aromatic carbocycles. The highest BCUT2D eigenvalue weighted by molar-refractivity contribution is 7.99. The summed E-state index contributed by atoms with van der Waals surface area (Å²) in [5.41, 5.74) is 2.14. The molecule has 6 nitrogen and oxygen atoms in total. The van der Waals surface area contributed by atoms with E-state index in [1.54, 1.807) is 18.0 Å². The van der Waals surface area contributed by atoms with E-state index in [-0.39, 0.29) is 0 Å². The van der Waals surface area contributed by atoms with Crippen LogP contribution in [-0.2, 0) is 11.3 Å². The van der Waals surface area contributed by atoms with Crippen LogP contribution in [0, 0.1) is 0 Å². The number of hydrogen-bond acceptors (Lipinski definition) is 5. The van der Waals surface area contributed by atoms with E-state index in [2.05, 4.69) is 31.9 Å². The molecule has 0 spiro atoms. The van der Waals surface area contributed by atoms with Crippen molar-refractivity contribution >= 4 is 22.7 Å². The summed E-state index contributed by atoms with van der Waals surface area (Å²) in [5, 5.41) is 11.0. The summed E-state index contributed by atoms with van der Waals surface area (Å²) in [4.78, 5) is 3.33. The van der Waals surface area contributed by atoms with Gasteiger partial charge in [0.15, 0.2) is 11.0 Å². The summed E-state index contributed by atoms with van der Waals surface area (Å²) in [6.45, 7) is 1.47. The zero-order chi connectivity index (χ0) is 18.1. The summed E-state index contributed by atoms with van der Waals surface area (Å²) in [6.07, 6.45) is 6.27. The number of thioether (sulfide) groups is 1. The maximum absolute atomic E-state index is 5.76. The van der Waals surface area contributed by atoms with Crippen molar-refractivity contribution in [1.29, 1.82) is 0 Å². The fraction of sp³-hybridized carbons (Fsp3) is 0.300. The van der Waals surface area contributed by atoms with Crippen molar-refractivity contribution in [2.45, 2.75) is 30.6 Å². The normalized spacial score (nSPS) is 17.1. The first-order valence-corrected chi connectivity index (χ1v) is 10.1. The lowest BCUT2D eigenvalue weighted by Gasteiger charge is -2.11. The minimum Gasteiger partial charge on any atom is -0.467 e. The summed E-state index contributed by atoms with van der Waals surface area (Å²) in [6, 6.07) is 12.1. The van der Waals surface area contributed by atoms with Crippen LogP contribution in [0.5, 0.6) is 0 Å². The van der Waals surface area contributed by atoms with Crippen LogP contribution >= 0.6 is 11.8 Å². The molecular weight excluding hydrogens is 360 g/mol. The summed E-state index contributed by atoms with van der Waals surface area (Å²) < 4.78 is 13.5. The molecule has 0 bridgehead atoms. The number of hydrogen-bond donors (Lipinski definition) is 1. The summed E-state index contributed by atoms with van der Waals surface area (Å²) in [5.74, 6) is 2.62. The maximum atomic E-state index is 5.76. The van der Waals surface area contributed by atoms with Crippen LogP contribution in [0.4, 0.5) is 0 Å². The highest BCUT2D eigenvalue weighted by Gasteiger charge is 2.21. The third-order valence-electron chi connectivity index (χ3n) is 4.86. The van der Waals surface area contributed by atoms with E-state index >= 15 is 0 Å². The Labute approximate surface area is 160 Å². The Morgan fingerprint density at radius 1 is 1.19 bits per heavy atom. The van der Waals surface area contributed by atoms with E-state index in [1.165, 1.54) is 0 Å². The largest absolute Gasteiger partial charge is 0.467 e. The Hall–Kier alpha value is -2.51. The summed E-state index contributed by atoms with van der Waals surface area (Å²) >= 11 is 1.70. The number of aromatic nitrogens is 4. The average molecular weight is 380 g/mol. The molecule has 0 radical (unpaired) electrons. The SMILES string of the molecule is c1coc(Cn2c(SCC3CCCO3)nnc2-c2c[nH]c3ccccc23)c1. The van der Waals surface area contributed by atoms with Gasteiger partial charge >= 0.3 is 0 Å². The molecular formula is C20H20N4O2S. The quantitative estimate of drug-likeness (QED) is 0.504. The van der Waals surface area contributed by atoms with E-state index in [4.69, 9.17) is 9.15 Å². The van der Waals surface area contributed by atoms with Crippen LogP contribution in [0.15, 0.2) is 58.4 Å². The predicted octanol–water partition coefficient (Wildman–Crippen LogP) is 4.34. The number of rotatable bonds is 6. The molecule has 1 aliphatic heterocycles. The molecule has 1 saturated heterocycles. The Kier molecular flexibility index (Phi) is 4.47. The fourth-order valence-electron chi connectivity index (χ4n) is 3.50. The Balaban J connectivity index is 1.51. The molecule has 1 atom stereocenters. The molecule has 1 aliphatic rings. The van der Waals surface area contributed by atoms with E-state index in [1.807, 2.05) is 30.5 Å². The standard InChI is InChI=1S/C20H20N4O2S/c1-2-8-18-16(7-1)17(11-21-18)19-22-23-20(27-13-15-6-4-10-26-15)24(19)12-14-5-3-9-25-14/h1-3,5,7-9,11,15,21H,4,6,10,12-13H2. The predicted molar refractivity (Wildman–Crippen MR) is 105 cm³/mol. The number of fused-ring (bicyclic) bond motifs is 1. The number of furan rings is 1. The van der Waals surface area contributed by atoms with E-state index < -0.39 is 0 Å². The number of nitrogens with one attached hydrogen (secondary N) is 1. The smallest absolute Gasteiger partial charge is 0.192 e. The van der Waals surface area contributed by atoms with Crippen molar-refractivity contribution in [3.8, 4) is 11.4 Å².